The summed E-state index contributed by atoms with van der Waals surface area (Å²) in [6.45, 7) is 2.90. The highest BCUT2D eigenvalue weighted by Crippen LogP contribution is 2.08. The van der Waals surface area contributed by atoms with E-state index in [9.17, 15) is 9.59 Å². The molecule has 0 atom stereocenters. The Balaban J connectivity index is 1.84. The van der Waals surface area contributed by atoms with E-state index in [1.54, 1.807) is 54.7 Å². The standard InChI is InChI=1S/C19H21N7O2/c1-13(27)23-17-7-3-15(4-8-17)11-21-25-19(20)26-22-12-16-5-9-18(10-6-16)24-14(2)28/h3-12H,1-2H3,(H,23,27)(H,24,28)(H3,20,25,26). The van der Waals surface area contributed by atoms with Crippen molar-refractivity contribution in [3.8, 4) is 0 Å². The molecule has 2 amide bonds. The molecule has 0 heterocycles. The van der Waals surface area contributed by atoms with E-state index in [-0.39, 0.29) is 17.8 Å². The van der Waals surface area contributed by atoms with Gasteiger partial charge >= 0.3 is 0 Å². The molecule has 2 rings (SSSR count). The minimum Gasteiger partial charge on any atom is -0.367 e. The van der Waals surface area contributed by atoms with Gasteiger partial charge in [-0.15, -0.1) is 5.10 Å². The third-order valence-electron chi connectivity index (χ3n) is 3.23. The molecule has 0 fully saturated rings. The second-order valence-corrected chi connectivity index (χ2v) is 5.71. The van der Waals surface area contributed by atoms with Gasteiger partial charge < -0.3 is 16.4 Å². The molecule has 0 aliphatic carbocycles. The Morgan fingerprint density at radius 1 is 0.821 bits per heavy atom. The minimum absolute atomic E-state index is 0.0252. The summed E-state index contributed by atoms with van der Waals surface area (Å²) in [5.41, 5.74) is 11.3. The van der Waals surface area contributed by atoms with Crippen LogP contribution in [0.1, 0.15) is 25.0 Å². The van der Waals surface area contributed by atoms with Gasteiger partial charge in [0, 0.05) is 25.2 Å². The Labute approximate surface area is 162 Å². The van der Waals surface area contributed by atoms with Crippen LogP contribution in [0.25, 0.3) is 0 Å². The summed E-state index contributed by atoms with van der Waals surface area (Å²) >= 11 is 0. The zero-order valence-electron chi connectivity index (χ0n) is 15.5. The van der Waals surface area contributed by atoms with E-state index < -0.39 is 0 Å². The van der Waals surface area contributed by atoms with Crippen LogP contribution in [0.2, 0.25) is 0 Å². The van der Waals surface area contributed by atoms with Crippen molar-refractivity contribution < 1.29 is 9.59 Å². The Morgan fingerprint density at radius 3 is 1.75 bits per heavy atom. The predicted octanol–water partition coefficient (Wildman–Crippen LogP) is 1.88. The number of amides is 2. The Kier molecular flexibility index (Phi) is 7.41. The fraction of sp³-hybridized carbons (Fsp3) is 0.105. The lowest BCUT2D eigenvalue weighted by Gasteiger charge is -2.01. The number of hydrazone groups is 1. The monoisotopic (exact) mass is 379 g/mol. The van der Waals surface area contributed by atoms with Crippen molar-refractivity contribution in [2.75, 3.05) is 10.6 Å². The number of carbonyl (C=O) groups is 2. The molecule has 144 valence electrons. The van der Waals surface area contributed by atoms with Crippen LogP contribution in [0, 0.1) is 0 Å². The molecular weight excluding hydrogens is 358 g/mol. The maximum Gasteiger partial charge on any atom is 0.234 e. The van der Waals surface area contributed by atoms with Crippen molar-refractivity contribution in [1.29, 1.82) is 0 Å². The number of anilines is 2. The molecule has 9 nitrogen and oxygen atoms in total. The van der Waals surface area contributed by atoms with E-state index in [1.807, 2.05) is 0 Å². The summed E-state index contributed by atoms with van der Waals surface area (Å²) in [7, 11) is 0. The SMILES string of the molecule is CC(=O)Nc1ccc(C=NN=C(N)NN=Cc2ccc(NC(C)=O)cc2)cc1. The van der Waals surface area contributed by atoms with Crippen molar-refractivity contribution in [1.82, 2.24) is 5.43 Å². The molecule has 0 saturated carbocycles. The molecule has 2 aromatic carbocycles. The maximum absolute atomic E-state index is 11.0. The van der Waals surface area contributed by atoms with Gasteiger partial charge in [-0.25, -0.2) is 5.43 Å². The summed E-state index contributed by atoms with van der Waals surface area (Å²) in [5.74, 6) is -0.234. The highest BCUT2D eigenvalue weighted by atomic mass is 16.2. The van der Waals surface area contributed by atoms with Gasteiger partial charge in [0.2, 0.25) is 17.8 Å². The number of rotatable bonds is 6. The molecular formula is C19H21N7O2. The van der Waals surface area contributed by atoms with Gasteiger partial charge in [0.1, 0.15) is 0 Å². The van der Waals surface area contributed by atoms with Gasteiger partial charge in [0.05, 0.1) is 12.4 Å². The van der Waals surface area contributed by atoms with Crippen LogP contribution in [0.4, 0.5) is 11.4 Å². The molecule has 0 radical (unpaired) electrons. The first-order valence-corrected chi connectivity index (χ1v) is 8.33. The molecule has 0 saturated heterocycles. The van der Waals surface area contributed by atoms with Crippen LogP contribution >= 0.6 is 0 Å². The number of benzene rings is 2. The summed E-state index contributed by atoms with van der Waals surface area (Å²) in [5, 5.41) is 17.0. The fourth-order valence-electron chi connectivity index (χ4n) is 2.06. The molecule has 0 aliphatic rings. The van der Waals surface area contributed by atoms with Gasteiger partial charge in [-0.2, -0.15) is 10.2 Å². The average Bonchev–Trinajstić information content (AvgIpc) is 2.64. The third-order valence-corrected chi connectivity index (χ3v) is 3.23. The topological polar surface area (TPSA) is 133 Å². The lowest BCUT2D eigenvalue weighted by atomic mass is 10.2. The van der Waals surface area contributed by atoms with Crippen molar-refractivity contribution in [2.45, 2.75) is 13.8 Å². The second-order valence-electron chi connectivity index (χ2n) is 5.71. The van der Waals surface area contributed by atoms with Crippen molar-refractivity contribution >= 4 is 41.6 Å². The molecule has 5 N–H and O–H groups in total. The third kappa shape index (κ3) is 7.48. The number of hydrogen-bond acceptors (Lipinski definition) is 5. The number of carbonyl (C=O) groups excluding carboxylic acids is 2. The first-order chi connectivity index (χ1) is 13.4. The Morgan fingerprint density at radius 2 is 1.29 bits per heavy atom. The summed E-state index contributed by atoms with van der Waals surface area (Å²) in [6.07, 6.45) is 3.08. The van der Waals surface area contributed by atoms with Crippen molar-refractivity contribution in [2.24, 2.45) is 21.0 Å². The zero-order chi connectivity index (χ0) is 20.4. The number of nitrogens with one attached hydrogen (secondary N) is 3. The van der Waals surface area contributed by atoms with Crippen molar-refractivity contribution in [3.63, 3.8) is 0 Å². The fourth-order valence-corrected chi connectivity index (χ4v) is 2.06. The van der Waals surface area contributed by atoms with E-state index in [2.05, 4.69) is 31.4 Å². The normalized spacial score (nSPS) is 11.6. The molecule has 9 heteroatoms. The first-order valence-electron chi connectivity index (χ1n) is 8.33. The lowest BCUT2D eigenvalue weighted by molar-refractivity contribution is -0.115. The number of nitrogens with zero attached hydrogens (tertiary/aromatic N) is 3. The number of guanidine groups is 1. The van der Waals surface area contributed by atoms with E-state index in [4.69, 9.17) is 5.73 Å². The molecule has 0 spiro atoms. The average molecular weight is 379 g/mol. The van der Waals surface area contributed by atoms with Crippen LogP contribution in [0.5, 0.6) is 0 Å². The highest BCUT2D eigenvalue weighted by molar-refractivity contribution is 5.90. The van der Waals surface area contributed by atoms with Crippen molar-refractivity contribution in [3.05, 3.63) is 59.7 Å². The summed E-state index contributed by atoms with van der Waals surface area (Å²) in [4.78, 5) is 21.9. The molecule has 2 aromatic rings. The van der Waals surface area contributed by atoms with Crippen LogP contribution in [0.15, 0.2) is 63.8 Å². The van der Waals surface area contributed by atoms with Crippen LogP contribution in [-0.4, -0.2) is 30.2 Å². The summed E-state index contributed by atoms with van der Waals surface area (Å²) < 4.78 is 0. The second kappa shape index (κ2) is 10.2. The van der Waals surface area contributed by atoms with E-state index >= 15 is 0 Å². The largest absolute Gasteiger partial charge is 0.367 e. The Hall–Kier alpha value is -4.01. The molecule has 0 aliphatic heterocycles. The van der Waals surface area contributed by atoms with Crippen LogP contribution < -0.4 is 21.8 Å². The smallest absolute Gasteiger partial charge is 0.234 e. The van der Waals surface area contributed by atoms with Gasteiger partial charge in [0.15, 0.2) is 0 Å². The number of hydrogen-bond donors (Lipinski definition) is 4. The quantitative estimate of drug-likeness (QED) is 0.346. The van der Waals surface area contributed by atoms with Crippen LogP contribution in [0.3, 0.4) is 0 Å². The minimum atomic E-state index is -0.130. The highest BCUT2D eigenvalue weighted by Gasteiger charge is 1.96. The predicted molar refractivity (Wildman–Crippen MR) is 111 cm³/mol. The molecule has 28 heavy (non-hydrogen) atoms. The van der Waals surface area contributed by atoms with E-state index in [0.29, 0.717) is 11.4 Å². The van der Waals surface area contributed by atoms with Gasteiger partial charge in [-0.1, -0.05) is 24.3 Å². The maximum atomic E-state index is 11.0. The summed E-state index contributed by atoms with van der Waals surface area (Å²) in [6, 6.07) is 14.2. The lowest BCUT2D eigenvalue weighted by Crippen LogP contribution is -2.26. The van der Waals surface area contributed by atoms with E-state index in [1.165, 1.54) is 20.1 Å². The molecule has 0 aromatic heterocycles. The van der Waals surface area contributed by atoms with E-state index in [0.717, 1.165) is 11.1 Å². The Bertz CT molecular complexity index is 901. The molecule has 0 bridgehead atoms. The molecule has 0 unspecified atom stereocenters. The van der Waals surface area contributed by atoms with Gasteiger partial charge in [-0.05, 0) is 35.4 Å². The first kappa shape index (κ1) is 20.3. The van der Waals surface area contributed by atoms with Crippen LogP contribution in [-0.2, 0) is 9.59 Å². The van der Waals surface area contributed by atoms with Gasteiger partial charge in [0.25, 0.3) is 0 Å². The zero-order valence-corrected chi connectivity index (χ0v) is 15.5. The van der Waals surface area contributed by atoms with Gasteiger partial charge in [-0.3, -0.25) is 9.59 Å². The number of nitrogens with two attached hydrogens (primary N) is 1.